The maximum absolute atomic E-state index is 14.4. The van der Waals surface area contributed by atoms with Crippen LogP contribution in [0.4, 0.5) is 22.9 Å². The molecule has 0 unspecified atom stereocenters. The number of halogens is 5. The second-order valence-electron chi connectivity index (χ2n) is 14.4. The van der Waals surface area contributed by atoms with E-state index in [1.807, 2.05) is 0 Å². The first-order valence-corrected chi connectivity index (χ1v) is 23.7. The quantitative estimate of drug-likeness (QED) is 0.0322. The van der Waals surface area contributed by atoms with Crippen LogP contribution in [0.25, 0.3) is 5.69 Å². The standard InChI is InChI=1S/C42H50Cl5N5O8S/c1-3-5-6-7-8-9-10-11-12-13-14-15-16-17-21-61(58,59)50-29-20-18-19-27(22-29)39(54)48-38-36(40(55)52(49-38)35-31(44)23-28(43)24-32(35)45)51(41(56)42(57)60-4-2)30-25-33(46)37(53)34(47)26-30/h18-20,22-26,49-50,53H,3-17,21H2,1-2H3,(H,48,54). The summed E-state index contributed by atoms with van der Waals surface area (Å²) in [6.45, 7) is 3.46. The highest BCUT2D eigenvalue weighted by Crippen LogP contribution is 2.40. The van der Waals surface area contributed by atoms with Crippen molar-refractivity contribution in [2.24, 2.45) is 0 Å². The second-order valence-corrected chi connectivity index (χ2v) is 18.3. The highest BCUT2D eigenvalue weighted by Gasteiger charge is 2.35. The van der Waals surface area contributed by atoms with E-state index >= 15 is 0 Å². The highest BCUT2D eigenvalue weighted by atomic mass is 35.5. The van der Waals surface area contributed by atoms with Gasteiger partial charge in [-0.1, -0.05) is 154 Å². The number of sulfonamides is 1. The van der Waals surface area contributed by atoms with Gasteiger partial charge in [0, 0.05) is 16.3 Å². The molecule has 0 fully saturated rings. The topological polar surface area (TPSA) is 180 Å². The van der Waals surface area contributed by atoms with Crippen LogP contribution in [0, 0.1) is 0 Å². The van der Waals surface area contributed by atoms with Gasteiger partial charge in [-0.05, 0) is 55.8 Å². The molecule has 0 aliphatic heterocycles. The molecule has 332 valence electrons. The third-order valence-corrected chi connectivity index (χ3v) is 12.4. The summed E-state index contributed by atoms with van der Waals surface area (Å²) in [5.74, 6) is -4.80. The number of amides is 2. The Bertz CT molecular complexity index is 2290. The number of nitrogens with one attached hydrogen (secondary N) is 3. The Labute approximate surface area is 381 Å². The van der Waals surface area contributed by atoms with Crippen LogP contribution >= 0.6 is 58.0 Å². The zero-order chi connectivity index (χ0) is 44.7. The first kappa shape index (κ1) is 49.7. The zero-order valence-electron chi connectivity index (χ0n) is 33.9. The van der Waals surface area contributed by atoms with Gasteiger partial charge in [-0.2, -0.15) is 0 Å². The second kappa shape index (κ2) is 24.1. The number of benzene rings is 3. The Morgan fingerprint density at radius 2 is 1.31 bits per heavy atom. The summed E-state index contributed by atoms with van der Waals surface area (Å²) in [4.78, 5) is 55.6. The summed E-state index contributed by atoms with van der Waals surface area (Å²) in [5.41, 5.74) is -2.09. The molecule has 0 saturated carbocycles. The first-order valence-electron chi connectivity index (χ1n) is 20.2. The van der Waals surface area contributed by atoms with Gasteiger partial charge in [-0.15, -0.1) is 0 Å². The molecular weight excluding hydrogens is 912 g/mol. The lowest BCUT2D eigenvalue weighted by molar-refractivity contribution is -0.152. The van der Waals surface area contributed by atoms with Crippen LogP contribution in [-0.2, 0) is 24.3 Å². The molecule has 0 saturated heterocycles. The molecule has 4 aromatic rings. The summed E-state index contributed by atoms with van der Waals surface area (Å²) in [5, 5.41) is 14.7. The number of esters is 1. The predicted octanol–water partition coefficient (Wildman–Crippen LogP) is 11.8. The normalized spacial score (nSPS) is 11.4. The number of aromatic nitrogens is 2. The fraction of sp³-hybridized carbons (Fsp3) is 0.429. The summed E-state index contributed by atoms with van der Waals surface area (Å²) in [7, 11) is -3.77. The molecule has 0 atom stereocenters. The van der Waals surface area contributed by atoms with Gasteiger partial charge in [0.25, 0.3) is 11.5 Å². The molecule has 0 aliphatic rings. The number of unbranched alkanes of at least 4 members (excludes halogenated alkanes) is 13. The van der Waals surface area contributed by atoms with Gasteiger partial charge in [0.15, 0.2) is 17.3 Å². The van der Waals surface area contributed by atoms with E-state index in [0.717, 1.165) is 42.5 Å². The van der Waals surface area contributed by atoms with Crippen molar-refractivity contribution >= 4 is 109 Å². The SMILES string of the molecule is CCCCCCCCCCCCCCCCS(=O)(=O)Nc1cccc(C(=O)Nc2[nH]n(-c3c(Cl)cc(Cl)cc3Cl)c(=O)c2N(C(=O)C(=O)OCC)c2cc(Cl)c(O)c(Cl)c2)c1. The minimum atomic E-state index is -3.77. The van der Waals surface area contributed by atoms with Gasteiger partial charge in [-0.25, -0.2) is 17.9 Å². The number of carbonyl (C=O) groups excluding carboxylic acids is 3. The van der Waals surface area contributed by atoms with Crippen LogP contribution in [0.15, 0.2) is 53.3 Å². The molecular formula is C42H50Cl5N5O8S. The Morgan fingerprint density at radius 3 is 1.85 bits per heavy atom. The van der Waals surface area contributed by atoms with Crippen LogP contribution in [0.1, 0.15) is 114 Å². The van der Waals surface area contributed by atoms with E-state index in [9.17, 15) is 32.7 Å². The minimum absolute atomic E-state index is 0.0576. The number of ether oxygens (including phenoxy) is 1. The summed E-state index contributed by atoms with van der Waals surface area (Å²) < 4.78 is 34.3. The number of H-pyrrole nitrogens is 1. The monoisotopic (exact) mass is 959 g/mol. The van der Waals surface area contributed by atoms with Crippen molar-refractivity contribution in [1.82, 2.24) is 9.78 Å². The number of phenolic OH excluding ortho intramolecular Hbond substituents is 1. The number of phenols is 1. The molecule has 61 heavy (non-hydrogen) atoms. The van der Waals surface area contributed by atoms with Crippen molar-refractivity contribution in [2.75, 3.05) is 27.3 Å². The van der Waals surface area contributed by atoms with Crippen molar-refractivity contribution in [3.8, 4) is 11.4 Å². The van der Waals surface area contributed by atoms with E-state index in [0.29, 0.717) is 11.3 Å². The van der Waals surface area contributed by atoms with Crippen molar-refractivity contribution in [2.45, 2.75) is 104 Å². The number of carbonyl (C=O) groups is 3. The number of hydrogen-bond donors (Lipinski definition) is 4. The molecule has 0 bridgehead atoms. The van der Waals surface area contributed by atoms with E-state index in [-0.39, 0.29) is 60.1 Å². The Morgan fingerprint density at radius 1 is 0.770 bits per heavy atom. The Hall–Kier alpha value is -3.92. The zero-order valence-corrected chi connectivity index (χ0v) is 38.5. The molecule has 2 amide bonds. The molecule has 4 N–H and O–H groups in total. The number of aromatic amines is 1. The fourth-order valence-electron chi connectivity index (χ4n) is 6.57. The molecule has 3 aromatic carbocycles. The van der Waals surface area contributed by atoms with Crippen molar-refractivity contribution in [3.63, 3.8) is 0 Å². The van der Waals surface area contributed by atoms with Gasteiger partial charge in [-0.3, -0.25) is 29.1 Å². The van der Waals surface area contributed by atoms with Crippen LogP contribution in [0.3, 0.4) is 0 Å². The fourth-order valence-corrected chi connectivity index (χ4v) is 9.20. The van der Waals surface area contributed by atoms with Crippen molar-refractivity contribution < 1.29 is 32.6 Å². The lowest BCUT2D eigenvalue weighted by Gasteiger charge is -2.22. The van der Waals surface area contributed by atoms with Crippen LogP contribution in [-0.4, -0.2) is 53.4 Å². The van der Waals surface area contributed by atoms with Gasteiger partial charge >= 0.3 is 11.9 Å². The van der Waals surface area contributed by atoms with Gasteiger partial charge < -0.3 is 15.2 Å². The maximum atomic E-state index is 14.4. The average molecular weight is 962 g/mol. The smallest absolute Gasteiger partial charge is 0.397 e. The van der Waals surface area contributed by atoms with E-state index in [1.165, 1.54) is 101 Å². The third kappa shape index (κ3) is 14.3. The van der Waals surface area contributed by atoms with Crippen LogP contribution in [0.2, 0.25) is 25.1 Å². The van der Waals surface area contributed by atoms with Crippen LogP contribution < -0.4 is 20.5 Å². The largest absolute Gasteiger partial charge is 0.505 e. The van der Waals surface area contributed by atoms with E-state index < -0.39 is 50.6 Å². The molecule has 0 radical (unpaired) electrons. The Balaban J connectivity index is 1.54. The maximum Gasteiger partial charge on any atom is 0.397 e. The molecule has 0 spiro atoms. The molecule has 19 heteroatoms. The number of aromatic hydroxyl groups is 1. The lowest BCUT2D eigenvalue weighted by atomic mass is 10.0. The molecule has 1 heterocycles. The van der Waals surface area contributed by atoms with Gasteiger partial charge in [0.1, 0.15) is 5.69 Å². The molecule has 4 rings (SSSR count). The van der Waals surface area contributed by atoms with Crippen molar-refractivity contribution in [3.05, 3.63) is 89.6 Å². The predicted molar refractivity (Wildman–Crippen MR) is 245 cm³/mol. The van der Waals surface area contributed by atoms with Gasteiger partial charge in [0.2, 0.25) is 10.0 Å². The summed E-state index contributed by atoms with van der Waals surface area (Å²) >= 11 is 31.4. The third-order valence-electron chi connectivity index (χ3n) is 9.61. The van der Waals surface area contributed by atoms with Gasteiger partial charge in [0.05, 0.1) is 38.1 Å². The summed E-state index contributed by atoms with van der Waals surface area (Å²) in [6.07, 6.45) is 15.9. The minimum Gasteiger partial charge on any atom is -0.505 e. The molecule has 0 aliphatic carbocycles. The van der Waals surface area contributed by atoms with E-state index in [2.05, 4.69) is 22.1 Å². The average Bonchev–Trinajstić information content (AvgIpc) is 3.50. The van der Waals surface area contributed by atoms with E-state index in [4.69, 9.17) is 62.7 Å². The number of rotatable bonds is 23. The molecule has 13 nitrogen and oxygen atoms in total. The summed E-state index contributed by atoms with van der Waals surface area (Å²) in [6, 6.07) is 10.3. The van der Waals surface area contributed by atoms with Crippen molar-refractivity contribution in [1.29, 1.82) is 0 Å². The van der Waals surface area contributed by atoms with E-state index in [1.54, 1.807) is 0 Å². The first-order chi connectivity index (χ1) is 29.1. The Kier molecular flexibility index (Phi) is 19.6. The number of anilines is 4. The highest BCUT2D eigenvalue weighted by molar-refractivity contribution is 7.92. The van der Waals surface area contributed by atoms with Crippen LogP contribution in [0.5, 0.6) is 5.75 Å². The lowest BCUT2D eigenvalue weighted by Crippen LogP contribution is -2.37. The number of nitrogens with zero attached hydrogens (tertiary/aromatic N) is 2. The number of hydrogen-bond acceptors (Lipinski definition) is 8. The molecule has 1 aromatic heterocycles.